The van der Waals surface area contributed by atoms with Crippen LogP contribution in [-0.4, -0.2) is 15.8 Å². The summed E-state index contributed by atoms with van der Waals surface area (Å²) in [5.41, 5.74) is 1.71. The van der Waals surface area contributed by atoms with Crippen LogP contribution >= 0.6 is 22.9 Å². The molecule has 1 N–H and O–H groups in total. The second-order valence-corrected chi connectivity index (χ2v) is 7.37. The molecule has 1 amide bonds. The van der Waals surface area contributed by atoms with E-state index in [0.717, 1.165) is 10.2 Å². The number of carbonyl (C=O) groups excluding carboxylic acids is 1. The Morgan fingerprint density at radius 3 is 2.61 bits per heavy atom. The first-order valence-corrected chi connectivity index (χ1v) is 9.42. The summed E-state index contributed by atoms with van der Waals surface area (Å²) < 4.78 is 1.01. The molecule has 8 heteroatoms. The minimum Gasteiger partial charge on any atom is -0.321 e. The maximum absolute atomic E-state index is 12.7. The van der Waals surface area contributed by atoms with Crippen LogP contribution in [0.4, 0.5) is 11.4 Å². The molecule has 1 aromatic heterocycles. The Morgan fingerprint density at radius 2 is 1.82 bits per heavy atom. The number of aromatic nitrogens is 1. The lowest BCUT2D eigenvalue weighted by atomic mass is 10.1. The highest BCUT2D eigenvalue weighted by atomic mass is 35.5. The van der Waals surface area contributed by atoms with Crippen LogP contribution in [-0.2, 0) is 0 Å². The summed E-state index contributed by atoms with van der Waals surface area (Å²) in [4.78, 5) is 28.0. The topological polar surface area (TPSA) is 85.1 Å². The Balaban J connectivity index is 1.75. The number of rotatable bonds is 4. The van der Waals surface area contributed by atoms with E-state index in [0.29, 0.717) is 21.3 Å². The van der Waals surface area contributed by atoms with Crippen LogP contribution in [0.15, 0.2) is 66.7 Å². The lowest BCUT2D eigenvalue weighted by molar-refractivity contribution is -0.385. The van der Waals surface area contributed by atoms with E-state index in [-0.39, 0.29) is 11.3 Å². The Morgan fingerprint density at radius 1 is 1.07 bits per heavy atom. The Bertz CT molecular complexity index is 1190. The molecular formula is C20H12ClN3O3S. The zero-order chi connectivity index (χ0) is 19.7. The number of thiazole rings is 1. The Kier molecular flexibility index (Phi) is 4.77. The molecule has 0 unspecified atom stereocenters. The van der Waals surface area contributed by atoms with Crippen LogP contribution in [0.5, 0.6) is 0 Å². The zero-order valence-corrected chi connectivity index (χ0v) is 15.8. The Labute approximate surface area is 168 Å². The number of benzene rings is 3. The molecule has 0 aliphatic carbocycles. The summed E-state index contributed by atoms with van der Waals surface area (Å²) in [5.74, 6) is -0.572. The SMILES string of the molecule is O=C(Nc1ccc(Cl)cc1-c1nc2ccccc2s1)c1ccccc1[N+](=O)[O-]. The number of nitrogens with one attached hydrogen (secondary N) is 1. The quantitative estimate of drug-likeness (QED) is 0.342. The van der Waals surface area contributed by atoms with Crippen molar-refractivity contribution in [1.29, 1.82) is 0 Å². The molecule has 138 valence electrons. The summed E-state index contributed by atoms with van der Waals surface area (Å²) in [5, 5.41) is 15.2. The van der Waals surface area contributed by atoms with Crippen molar-refractivity contribution in [3.63, 3.8) is 0 Å². The van der Waals surface area contributed by atoms with Crippen molar-refractivity contribution >= 4 is 50.4 Å². The van der Waals surface area contributed by atoms with Gasteiger partial charge in [0.05, 0.1) is 20.8 Å². The second-order valence-electron chi connectivity index (χ2n) is 5.91. The van der Waals surface area contributed by atoms with Crippen LogP contribution in [0.25, 0.3) is 20.8 Å². The van der Waals surface area contributed by atoms with Gasteiger partial charge in [0.15, 0.2) is 0 Å². The van der Waals surface area contributed by atoms with Gasteiger partial charge in [-0.3, -0.25) is 14.9 Å². The number of halogens is 1. The van der Waals surface area contributed by atoms with Crippen molar-refractivity contribution < 1.29 is 9.72 Å². The number of nitro groups is 1. The molecule has 0 radical (unpaired) electrons. The van der Waals surface area contributed by atoms with Gasteiger partial charge in [-0.1, -0.05) is 35.9 Å². The number of carbonyl (C=O) groups is 1. The molecule has 1 heterocycles. The number of nitro benzene ring substituents is 1. The van der Waals surface area contributed by atoms with Gasteiger partial charge < -0.3 is 5.32 Å². The van der Waals surface area contributed by atoms with Gasteiger partial charge in [-0.2, -0.15) is 0 Å². The average molecular weight is 410 g/mol. The maximum atomic E-state index is 12.7. The van der Waals surface area contributed by atoms with Crippen LogP contribution < -0.4 is 5.32 Å². The van der Waals surface area contributed by atoms with E-state index in [2.05, 4.69) is 10.3 Å². The summed E-state index contributed by atoms with van der Waals surface area (Å²) in [6, 6.07) is 18.5. The standard InChI is InChI=1S/C20H12ClN3O3S/c21-12-9-10-15(22-19(25)13-5-1-3-7-17(13)24(26)27)14(11-12)20-23-16-6-2-4-8-18(16)28-20/h1-11H,(H,22,25). The molecule has 0 spiro atoms. The molecule has 0 bridgehead atoms. The first kappa shape index (κ1) is 18.1. The second kappa shape index (κ2) is 7.38. The zero-order valence-electron chi connectivity index (χ0n) is 14.3. The van der Waals surface area contributed by atoms with E-state index in [9.17, 15) is 14.9 Å². The predicted molar refractivity (Wildman–Crippen MR) is 111 cm³/mol. The molecule has 0 saturated heterocycles. The molecule has 0 aliphatic heterocycles. The van der Waals surface area contributed by atoms with Gasteiger partial charge in [0, 0.05) is 16.7 Å². The normalized spacial score (nSPS) is 10.8. The smallest absolute Gasteiger partial charge is 0.282 e. The fourth-order valence-corrected chi connectivity index (χ4v) is 3.97. The van der Waals surface area contributed by atoms with Crippen molar-refractivity contribution in [2.75, 3.05) is 5.32 Å². The van der Waals surface area contributed by atoms with Gasteiger partial charge in [0.2, 0.25) is 0 Å². The van der Waals surface area contributed by atoms with Gasteiger partial charge in [0.1, 0.15) is 10.6 Å². The fourth-order valence-electron chi connectivity index (χ4n) is 2.80. The van der Waals surface area contributed by atoms with E-state index in [4.69, 9.17) is 11.6 Å². The first-order chi connectivity index (χ1) is 13.5. The number of hydrogen-bond acceptors (Lipinski definition) is 5. The number of hydrogen-bond donors (Lipinski definition) is 1. The third kappa shape index (κ3) is 3.45. The molecular weight excluding hydrogens is 398 g/mol. The predicted octanol–water partition coefficient (Wildman–Crippen LogP) is 5.78. The molecule has 4 rings (SSSR count). The molecule has 0 atom stereocenters. The number of anilines is 1. The summed E-state index contributed by atoms with van der Waals surface area (Å²) >= 11 is 7.64. The van der Waals surface area contributed by atoms with Gasteiger partial charge in [-0.05, 0) is 36.4 Å². The Hall–Kier alpha value is -3.29. The number of fused-ring (bicyclic) bond motifs is 1. The van der Waals surface area contributed by atoms with Gasteiger partial charge in [-0.15, -0.1) is 11.3 Å². The lowest BCUT2D eigenvalue weighted by Gasteiger charge is -2.10. The summed E-state index contributed by atoms with van der Waals surface area (Å²) in [7, 11) is 0. The van der Waals surface area contributed by atoms with Crippen molar-refractivity contribution in [2.45, 2.75) is 0 Å². The highest BCUT2D eigenvalue weighted by Crippen LogP contribution is 2.36. The lowest BCUT2D eigenvalue weighted by Crippen LogP contribution is -2.14. The number of amides is 1. The minimum absolute atomic E-state index is 0.0160. The first-order valence-electron chi connectivity index (χ1n) is 8.23. The van der Waals surface area contributed by atoms with Crippen molar-refractivity contribution in [1.82, 2.24) is 4.98 Å². The van der Waals surface area contributed by atoms with Crippen molar-refractivity contribution in [3.8, 4) is 10.6 Å². The van der Waals surface area contributed by atoms with Gasteiger partial charge >= 0.3 is 0 Å². The van der Waals surface area contributed by atoms with E-state index in [1.54, 1.807) is 24.3 Å². The van der Waals surface area contributed by atoms with E-state index < -0.39 is 10.8 Å². The van der Waals surface area contributed by atoms with Crippen LogP contribution in [0, 0.1) is 10.1 Å². The molecule has 0 fully saturated rings. The van der Waals surface area contributed by atoms with E-state index in [1.165, 1.54) is 29.5 Å². The molecule has 0 aliphatic rings. The largest absolute Gasteiger partial charge is 0.321 e. The van der Waals surface area contributed by atoms with Crippen molar-refractivity contribution in [3.05, 3.63) is 87.4 Å². The molecule has 28 heavy (non-hydrogen) atoms. The fraction of sp³-hybridized carbons (Fsp3) is 0. The highest BCUT2D eigenvalue weighted by molar-refractivity contribution is 7.21. The monoisotopic (exact) mass is 409 g/mol. The minimum atomic E-state index is -0.578. The number of nitrogens with zero attached hydrogens (tertiary/aromatic N) is 2. The van der Waals surface area contributed by atoms with Crippen LogP contribution in [0.2, 0.25) is 5.02 Å². The van der Waals surface area contributed by atoms with E-state index >= 15 is 0 Å². The third-order valence-electron chi connectivity index (χ3n) is 4.10. The third-order valence-corrected chi connectivity index (χ3v) is 5.40. The molecule has 4 aromatic rings. The maximum Gasteiger partial charge on any atom is 0.282 e. The summed E-state index contributed by atoms with van der Waals surface area (Å²) in [6.07, 6.45) is 0. The number of para-hydroxylation sites is 2. The summed E-state index contributed by atoms with van der Waals surface area (Å²) in [6.45, 7) is 0. The van der Waals surface area contributed by atoms with Crippen LogP contribution in [0.3, 0.4) is 0 Å². The van der Waals surface area contributed by atoms with Crippen LogP contribution in [0.1, 0.15) is 10.4 Å². The molecule has 0 saturated carbocycles. The van der Waals surface area contributed by atoms with Gasteiger partial charge in [-0.25, -0.2) is 4.98 Å². The van der Waals surface area contributed by atoms with E-state index in [1.807, 2.05) is 24.3 Å². The molecule has 3 aromatic carbocycles. The van der Waals surface area contributed by atoms with Gasteiger partial charge in [0.25, 0.3) is 11.6 Å². The average Bonchev–Trinajstić information content (AvgIpc) is 3.13. The highest BCUT2D eigenvalue weighted by Gasteiger charge is 2.21. The van der Waals surface area contributed by atoms with Crippen molar-refractivity contribution in [2.24, 2.45) is 0 Å². The molecule has 6 nitrogen and oxygen atoms in total.